The highest BCUT2D eigenvalue weighted by atomic mass is 35.5. The summed E-state index contributed by atoms with van der Waals surface area (Å²) in [4.78, 5) is 6.73. The van der Waals surface area contributed by atoms with Gasteiger partial charge >= 0.3 is 0 Å². The molecule has 1 fully saturated rings. The van der Waals surface area contributed by atoms with Crippen LogP contribution in [0, 0.1) is 0 Å². The van der Waals surface area contributed by atoms with Gasteiger partial charge in [-0.15, -0.1) is 0 Å². The maximum Gasteiger partial charge on any atom is 0.147 e. The molecule has 1 saturated heterocycles. The summed E-state index contributed by atoms with van der Waals surface area (Å²) in [7, 11) is 3.94. The number of rotatable bonds is 4. The summed E-state index contributed by atoms with van der Waals surface area (Å²) in [6, 6.07) is 2.26. The molecule has 0 spiro atoms. The van der Waals surface area contributed by atoms with Crippen molar-refractivity contribution in [1.82, 2.24) is 9.88 Å². The lowest BCUT2D eigenvalue weighted by Gasteiger charge is -2.20. The molecule has 1 unspecified atom stereocenters. The molecule has 0 radical (unpaired) electrons. The number of halogens is 2. The van der Waals surface area contributed by atoms with Crippen LogP contribution in [-0.4, -0.2) is 43.1 Å². The van der Waals surface area contributed by atoms with E-state index < -0.39 is 0 Å². The van der Waals surface area contributed by atoms with Gasteiger partial charge in [0.2, 0.25) is 0 Å². The van der Waals surface area contributed by atoms with Gasteiger partial charge in [-0.25, -0.2) is 4.98 Å². The van der Waals surface area contributed by atoms with Gasteiger partial charge < -0.3 is 15.5 Å². The van der Waals surface area contributed by atoms with Crippen LogP contribution in [0.4, 0.5) is 11.6 Å². The molecule has 4 nitrogen and oxygen atoms in total. The van der Waals surface area contributed by atoms with E-state index in [0.29, 0.717) is 27.7 Å². The SMILES string of the molecule is CNc1nc(NCC2CCCN2C)c(Cl)cc1Cl. The molecule has 1 aromatic heterocycles. The minimum atomic E-state index is 0.533. The highest BCUT2D eigenvalue weighted by Crippen LogP contribution is 2.29. The zero-order chi connectivity index (χ0) is 13.1. The Bertz CT molecular complexity index is 425. The second-order valence-corrected chi connectivity index (χ2v) is 5.37. The van der Waals surface area contributed by atoms with E-state index in [1.807, 2.05) is 0 Å². The van der Waals surface area contributed by atoms with E-state index >= 15 is 0 Å². The molecule has 0 aromatic carbocycles. The van der Waals surface area contributed by atoms with Crippen LogP contribution in [0.25, 0.3) is 0 Å². The smallest absolute Gasteiger partial charge is 0.147 e. The first kappa shape index (κ1) is 13.7. The Balaban J connectivity index is 2.04. The van der Waals surface area contributed by atoms with Crippen LogP contribution in [-0.2, 0) is 0 Å². The normalized spacial score (nSPS) is 20.1. The van der Waals surface area contributed by atoms with E-state index in [1.54, 1.807) is 13.1 Å². The van der Waals surface area contributed by atoms with Gasteiger partial charge in [-0.05, 0) is 32.5 Å². The third-order valence-corrected chi connectivity index (χ3v) is 3.92. The standard InChI is InChI=1S/C12H18Cl2N4/c1-15-11-9(13)6-10(14)12(17-11)16-7-8-4-3-5-18(8)2/h6,8H,3-5,7H2,1-2H3,(H2,15,16,17). The average molecular weight is 289 g/mol. The maximum atomic E-state index is 6.13. The first-order valence-corrected chi connectivity index (χ1v) is 6.85. The summed E-state index contributed by atoms with van der Waals surface area (Å²) in [6.45, 7) is 2.02. The first-order chi connectivity index (χ1) is 8.61. The fourth-order valence-corrected chi connectivity index (χ4v) is 2.74. The number of hydrogen-bond acceptors (Lipinski definition) is 4. The third-order valence-electron chi connectivity index (χ3n) is 3.34. The van der Waals surface area contributed by atoms with E-state index in [1.165, 1.54) is 12.8 Å². The molecule has 1 aromatic rings. The topological polar surface area (TPSA) is 40.2 Å². The van der Waals surface area contributed by atoms with Gasteiger partial charge in [0.25, 0.3) is 0 Å². The van der Waals surface area contributed by atoms with E-state index in [-0.39, 0.29) is 0 Å². The van der Waals surface area contributed by atoms with Crippen molar-refractivity contribution in [3.8, 4) is 0 Å². The van der Waals surface area contributed by atoms with Crippen molar-refractivity contribution < 1.29 is 0 Å². The number of aromatic nitrogens is 1. The van der Waals surface area contributed by atoms with E-state index in [4.69, 9.17) is 23.2 Å². The van der Waals surface area contributed by atoms with Crippen molar-refractivity contribution in [3.05, 3.63) is 16.1 Å². The van der Waals surface area contributed by atoms with Crippen LogP contribution >= 0.6 is 23.2 Å². The highest BCUT2D eigenvalue weighted by molar-refractivity contribution is 6.37. The minimum Gasteiger partial charge on any atom is -0.372 e. The van der Waals surface area contributed by atoms with E-state index in [9.17, 15) is 0 Å². The molecule has 0 bridgehead atoms. The zero-order valence-corrected chi connectivity index (χ0v) is 12.1. The molecule has 1 atom stereocenters. The zero-order valence-electron chi connectivity index (χ0n) is 10.6. The molecule has 0 aliphatic carbocycles. The maximum absolute atomic E-state index is 6.13. The molecule has 100 valence electrons. The number of anilines is 2. The van der Waals surface area contributed by atoms with Crippen LogP contribution in [0.1, 0.15) is 12.8 Å². The van der Waals surface area contributed by atoms with Gasteiger partial charge in [-0.3, -0.25) is 0 Å². The first-order valence-electron chi connectivity index (χ1n) is 6.09. The lowest BCUT2D eigenvalue weighted by molar-refractivity contribution is 0.322. The molecule has 0 saturated carbocycles. The average Bonchev–Trinajstić information content (AvgIpc) is 2.74. The minimum absolute atomic E-state index is 0.533. The summed E-state index contributed by atoms with van der Waals surface area (Å²) < 4.78 is 0. The van der Waals surface area contributed by atoms with Crippen LogP contribution in [0.3, 0.4) is 0 Å². The third kappa shape index (κ3) is 2.99. The Morgan fingerprint density at radius 2 is 2.11 bits per heavy atom. The molecular formula is C12H18Cl2N4. The molecule has 18 heavy (non-hydrogen) atoms. The summed E-state index contributed by atoms with van der Waals surface area (Å²) in [6.07, 6.45) is 2.47. The van der Waals surface area contributed by atoms with E-state index in [2.05, 4.69) is 27.6 Å². The van der Waals surface area contributed by atoms with Gasteiger partial charge in [-0.2, -0.15) is 0 Å². The lowest BCUT2D eigenvalue weighted by Crippen LogP contribution is -2.31. The predicted molar refractivity (Wildman–Crippen MR) is 77.9 cm³/mol. The van der Waals surface area contributed by atoms with Crippen molar-refractivity contribution in [2.45, 2.75) is 18.9 Å². The van der Waals surface area contributed by atoms with Crippen molar-refractivity contribution in [2.75, 3.05) is 37.8 Å². The molecule has 6 heteroatoms. The molecule has 1 aliphatic rings. The quantitative estimate of drug-likeness (QED) is 0.894. The summed E-state index contributed by atoms with van der Waals surface area (Å²) in [5, 5.41) is 7.34. The molecule has 2 N–H and O–H groups in total. The number of pyridine rings is 1. The number of hydrogen-bond donors (Lipinski definition) is 2. The Hall–Kier alpha value is -0.710. The second kappa shape index (κ2) is 5.95. The number of likely N-dealkylation sites (N-methyl/N-ethyl adjacent to an activating group) is 1. The molecule has 2 rings (SSSR count). The van der Waals surface area contributed by atoms with E-state index in [0.717, 1.165) is 13.1 Å². The Kier molecular flexibility index (Phi) is 4.54. The van der Waals surface area contributed by atoms with Crippen LogP contribution in [0.5, 0.6) is 0 Å². The summed E-state index contributed by atoms with van der Waals surface area (Å²) >= 11 is 12.1. The Morgan fingerprint density at radius 1 is 1.39 bits per heavy atom. The summed E-state index contributed by atoms with van der Waals surface area (Å²) in [5.74, 6) is 1.33. The monoisotopic (exact) mass is 288 g/mol. The van der Waals surface area contributed by atoms with Gasteiger partial charge in [0, 0.05) is 19.6 Å². The van der Waals surface area contributed by atoms with Crippen LogP contribution in [0.15, 0.2) is 6.07 Å². The largest absolute Gasteiger partial charge is 0.372 e. The van der Waals surface area contributed by atoms with Crippen molar-refractivity contribution >= 4 is 34.8 Å². The predicted octanol–water partition coefficient (Wildman–Crippen LogP) is 2.94. The van der Waals surface area contributed by atoms with Crippen LogP contribution in [0.2, 0.25) is 10.0 Å². The van der Waals surface area contributed by atoms with Gasteiger partial charge in [0.1, 0.15) is 11.6 Å². The van der Waals surface area contributed by atoms with Crippen LogP contribution < -0.4 is 10.6 Å². The van der Waals surface area contributed by atoms with Crippen molar-refractivity contribution in [1.29, 1.82) is 0 Å². The number of nitrogens with one attached hydrogen (secondary N) is 2. The molecule has 2 heterocycles. The lowest BCUT2D eigenvalue weighted by atomic mass is 10.2. The highest BCUT2D eigenvalue weighted by Gasteiger charge is 2.21. The second-order valence-electron chi connectivity index (χ2n) is 4.56. The number of likely N-dealkylation sites (tertiary alicyclic amines) is 1. The van der Waals surface area contributed by atoms with Crippen molar-refractivity contribution in [3.63, 3.8) is 0 Å². The summed E-state index contributed by atoms with van der Waals surface area (Å²) in [5.41, 5.74) is 0. The van der Waals surface area contributed by atoms with Crippen molar-refractivity contribution in [2.24, 2.45) is 0 Å². The molecule has 1 aliphatic heterocycles. The Morgan fingerprint density at radius 3 is 2.72 bits per heavy atom. The molecule has 0 amide bonds. The Labute approximate surface area is 118 Å². The van der Waals surface area contributed by atoms with Gasteiger partial charge in [0.15, 0.2) is 0 Å². The fourth-order valence-electron chi connectivity index (χ4n) is 2.22. The fraction of sp³-hybridized carbons (Fsp3) is 0.583. The van der Waals surface area contributed by atoms with Gasteiger partial charge in [0.05, 0.1) is 10.0 Å². The number of nitrogens with zero attached hydrogens (tertiary/aromatic N) is 2. The molecular weight excluding hydrogens is 271 g/mol. The van der Waals surface area contributed by atoms with Gasteiger partial charge in [-0.1, -0.05) is 23.2 Å².